The lowest BCUT2D eigenvalue weighted by Gasteiger charge is -2.09. The first-order valence-corrected chi connectivity index (χ1v) is 6.95. The molecule has 0 atom stereocenters. The van der Waals surface area contributed by atoms with Gasteiger partial charge in [-0.1, -0.05) is 23.8 Å². The third kappa shape index (κ3) is 3.85. The highest BCUT2D eigenvalue weighted by atomic mass is 16.5. The van der Waals surface area contributed by atoms with E-state index >= 15 is 0 Å². The molecule has 3 nitrogen and oxygen atoms in total. The maximum atomic E-state index is 12.4. The number of hydrogen-bond acceptors (Lipinski definition) is 3. The van der Waals surface area contributed by atoms with Crippen LogP contribution < -0.4 is 9.47 Å². The van der Waals surface area contributed by atoms with Crippen LogP contribution in [0.4, 0.5) is 0 Å². The molecule has 0 aromatic heterocycles. The number of hydrogen-bond donors (Lipinski definition) is 0. The van der Waals surface area contributed by atoms with E-state index in [0.29, 0.717) is 24.2 Å². The van der Waals surface area contributed by atoms with Gasteiger partial charge in [-0.2, -0.15) is 0 Å². The van der Waals surface area contributed by atoms with Crippen LogP contribution in [0.15, 0.2) is 42.5 Å². The van der Waals surface area contributed by atoms with Crippen molar-refractivity contribution in [2.75, 3.05) is 14.2 Å². The second-order valence-corrected chi connectivity index (χ2v) is 4.97. The number of Topliss-reactive ketones (excluding diaryl/α,β-unsaturated/α-hetero) is 1. The largest absolute Gasteiger partial charge is 0.497 e. The van der Waals surface area contributed by atoms with E-state index in [4.69, 9.17) is 9.47 Å². The summed E-state index contributed by atoms with van der Waals surface area (Å²) in [5, 5.41) is 0. The van der Waals surface area contributed by atoms with Gasteiger partial charge in [-0.05, 0) is 43.2 Å². The molecule has 2 aromatic rings. The molecule has 0 fully saturated rings. The molecule has 0 bridgehead atoms. The third-order valence-electron chi connectivity index (χ3n) is 3.46. The lowest BCUT2D eigenvalue weighted by molar-refractivity contribution is 0.0980. The molecular formula is C18H20O3. The van der Waals surface area contributed by atoms with Crippen molar-refractivity contribution in [2.45, 2.75) is 19.8 Å². The van der Waals surface area contributed by atoms with Gasteiger partial charge in [0.15, 0.2) is 5.78 Å². The van der Waals surface area contributed by atoms with Crippen molar-refractivity contribution in [1.29, 1.82) is 0 Å². The zero-order valence-corrected chi connectivity index (χ0v) is 12.7. The average Bonchev–Trinajstić information content (AvgIpc) is 2.53. The molecule has 0 radical (unpaired) electrons. The molecule has 0 aliphatic heterocycles. The number of ether oxygens (including phenoxy) is 2. The summed E-state index contributed by atoms with van der Waals surface area (Å²) in [7, 11) is 3.23. The molecule has 0 amide bonds. The van der Waals surface area contributed by atoms with Crippen LogP contribution >= 0.6 is 0 Å². The molecular weight excluding hydrogens is 264 g/mol. The molecule has 0 unspecified atom stereocenters. The fourth-order valence-corrected chi connectivity index (χ4v) is 2.22. The molecule has 110 valence electrons. The summed E-state index contributed by atoms with van der Waals surface area (Å²) < 4.78 is 10.4. The Morgan fingerprint density at radius 1 is 1.00 bits per heavy atom. The zero-order valence-electron chi connectivity index (χ0n) is 12.7. The van der Waals surface area contributed by atoms with Crippen LogP contribution in [0.1, 0.15) is 27.9 Å². The molecule has 0 saturated carbocycles. The summed E-state index contributed by atoms with van der Waals surface area (Å²) in [5.74, 6) is 1.57. The van der Waals surface area contributed by atoms with Crippen LogP contribution in [-0.4, -0.2) is 20.0 Å². The first-order chi connectivity index (χ1) is 10.1. The highest BCUT2D eigenvalue weighted by molar-refractivity contribution is 5.99. The average molecular weight is 284 g/mol. The van der Waals surface area contributed by atoms with Gasteiger partial charge >= 0.3 is 0 Å². The first kappa shape index (κ1) is 15.1. The number of carbonyl (C=O) groups is 1. The summed E-state index contributed by atoms with van der Waals surface area (Å²) in [4.78, 5) is 12.4. The molecule has 0 aliphatic rings. The molecule has 21 heavy (non-hydrogen) atoms. The number of benzene rings is 2. The van der Waals surface area contributed by atoms with Gasteiger partial charge in [0.05, 0.1) is 19.8 Å². The Kier molecular flexibility index (Phi) is 4.99. The Morgan fingerprint density at radius 2 is 1.71 bits per heavy atom. The SMILES string of the molecule is COc1ccc(CCC(=O)c2cc(C)ccc2OC)cc1. The lowest BCUT2D eigenvalue weighted by atomic mass is 10.0. The standard InChI is InChI=1S/C18H20O3/c1-13-4-11-18(21-3)16(12-13)17(19)10-7-14-5-8-15(20-2)9-6-14/h4-6,8-9,11-12H,7,10H2,1-3H3. The van der Waals surface area contributed by atoms with Crippen molar-refractivity contribution < 1.29 is 14.3 Å². The molecule has 0 aliphatic carbocycles. The Balaban J connectivity index is 2.05. The van der Waals surface area contributed by atoms with E-state index in [1.807, 2.05) is 49.4 Å². The quantitative estimate of drug-likeness (QED) is 0.756. The molecule has 2 aromatic carbocycles. The van der Waals surface area contributed by atoms with Crippen LogP contribution in [0.3, 0.4) is 0 Å². The number of rotatable bonds is 6. The van der Waals surface area contributed by atoms with Crippen molar-refractivity contribution in [2.24, 2.45) is 0 Å². The van der Waals surface area contributed by atoms with E-state index in [9.17, 15) is 4.79 Å². The summed E-state index contributed by atoms with van der Waals surface area (Å²) in [6, 6.07) is 13.5. The van der Waals surface area contributed by atoms with Crippen LogP contribution in [-0.2, 0) is 6.42 Å². The molecule has 0 saturated heterocycles. The van der Waals surface area contributed by atoms with Gasteiger partial charge in [-0.3, -0.25) is 4.79 Å². The van der Waals surface area contributed by atoms with Gasteiger partial charge in [0.1, 0.15) is 11.5 Å². The van der Waals surface area contributed by atoms with E-state index < -0.39 is 0 Å². The van der Waals surface area contributed by atoms with Crippen molar-refractivity contribution in [3.63, 3.8) is 0 Å². The fraction of sp³-hybridized carbons (Fsp3) is 0.278. The fourth-order valence-electron chi connectivity index (χ4n) is 2.22. The summed E-state index contributed by atoms with van der Waals surface area (Å²) in [5.41, 5.74) is 2.84. The molecule has 2 rings (SSSR count). The monoisotopic (exact) mass is 284 g/mol. The molecule has 3 heteroatoms. The van der Waals surface area contributed by atoms with Crippen molar-refractivity contribution in [1.82, 2.24) is 0 Å². The van der Waals surface area contributed by atoms with Crippen LogP contribution in [0.2, 0.25) is 0 Å². The number of aryl methyl sites for hydroxylation is 2. The third-order valence-corrected chi connectivity index (χ3v) is 3.46. The van der Waals surface area contributed by atoms with E-state index in [0.717, 1.165) is 16.9 Å². The highest BCUT2D eigenvalue weighted by Crippen LogP contribution is 2.22. The maximum absolute atomic E-state index is 12.4. The van der Waals surface area contributed by atoms with Crippen molar-refractivity contribution >= 4 is 5.78 Å². The number of carbonyl (C=O) groups excluding carboxylic acids is 1. The van der Waals surface area contributed by atoms with Crippen LogP contribution in [0, 0.1) is 6.92 Å². The van der Waals surface area contributed by atoms with Gasteiger partial charge in [0.2, 0.25) is 0 Å². The summed E-state index contributed by atoms with van der Waals surface area (Å²) >= 11 is 0. The normalized spacial score (nSPS) is 10.2. The summed E-state index contributed by atoms with van der Waals surface area (Å²) in [6.07, 6.45) is 1.17. The summed E-state index contributed by atoms with van der Waals surface area (Å²) in [6.45, 7) is 1.97. The van der Waals surface area contributed by atoms with Crippen molar-refractivity contribution in [3.05, 3.63) is 59.2 Å². The Labute approximate surface area is 125 Å². The minimum absolute atomic E-state index is 0.103. The Bertz CT molecular complexity index is 615. The van der Waals surface area contributed by atoms with E-state index in [-0.39, 0.29) is 5.78 Å². The first-order valence-electron chi connectivity index (χ1n) is 6.95. The Hall–Kier alpha value is -2.29. The second-order valence-electron chi connectivity index (χ2n) is 4.97. The topological polar surface area (TPSA) is 35.5 Å². The maximum Gasteiger partial charge on any atom is 0.166 e. The molecule has 0 spiro atoms. The van der Waals surface area contributed by atoms with E-state index in [1.54, 1.807) is 14.2 Å². The minimum Gasteiger partial charge on any atom is -0.497 e. The minimum atomic E-state index is 0.103. The van der Waals surface area contributed by atoms with Crippen LogP contribution in [0.25, 0.3) is 0 Å². The van der Waals surface area contributed by atoms with Gasteiger partial charge in [-0.25, -0.2) is 0 Å². The Morgan fingerprint density at radius 3 is 2.33 bits per heavy atom. The van der Waals surface area contributed by atoms with Crippen molar-refractivity contribution in [3.8, 4) is 11.5 Å². The zero-order chi connectivity index (χ0) is 15.2. The van der Waals surface area contributed by atoms with Gasteiger partial charge in [0.25, 0.3) is 0 Å². The van der Waals surface area contributed by atoms with Crippen LogP contribution in [0.5, 0.6) is 11.5 Å². The highest BCUT2D eigenvalue weighted by Gasteiger charge is 2.12. The molecule has 0 N–H and O–H groups in total. The van der Waals surface area contributed by atoms with Gasteiger partial charge < -0.3 is 9.47 Å². The second kappa shape index (κ2) is 6.93. The smallest absolute Gasteiger partial charge is 0.166 e. The van der Waals surface area contributed by atoms with Gasteiger partial charge in [-0.15, -0.1) is 0 Å². The predicted octanol–water partition coefficient (Wildman–Crippen LogP) is 3.83. The van der Waals surface area contributed by atoms with Gasteiger partial charge in [0, 0.05) is 6.42 Å². The molecule has 0 heterocycles. The van der Waals surface area contributed by atoms with E-state index in [1.165, 1.54) is 0 Å². The number of methoxy groups -OCH3 is 2. The lowest BCUT2D eigenvalue weighted by Crippen LogP contribution is -2.04. The number of ketones is 1. The predicted molar refractivity (Wildman–Crippen MR) is 83.4 cm³/mol. The van der Waals surface area contributed by atoms with E-state index in [2.05, 4.69) is 0 Å².